The van der Waals surface area contributed by atoms with Crippen molar-refractivity contribution in [2.45, 2.75) is 18.1 Å². The van der Waals surface area contributed by atoms with Crippen LogP contribution in [0.5, 0.6) is 0 Å². The molecule has 1 heterocycles. The maximum Gasteiger partial charge on any atom is 0.286 e. The molecule has 0 saturated carbocycles. The van der Waals surface area contributed by atoms with Crippen LogP contribution >= 0.6 is 35.0 Å². The zero-order valence-electron chi connectivity index (χ0n) is 14.1. The molecule has 8 heteroatoms. The predicted molar refractivity (Wildman–Crippen MR) is 108 cm³/mol. The molecule has 3 rings (SSSR count). The minimum absolute atomic E-state index is 0.209. The summed E-state index contributed by atoms with van der Waals surface area (Å²) in [5, 5.41) is 5.22. The summed E-state index contributed by atoms with van der Waals surface area (Å²) in [5.74, 6) is -0.446. The van der Waals surface area contributed by atoms with E-state index in [1.165, 1.54) is 6.07 Å². The first kappa shape index (κ1) is 19.7. The molecule has 27 heavy (non-hydrogen) atoms. The monoisotopic (exact) mass is 422 g/mol. The Bertz CT molecular complexity index is 887. The van der Waals surface area contributed by atoms with E-state index < -0.39 is 0 Å². The number of halogens is 2. The van der Waals surface area contributed by atoms with Crippen LogP contribution in [0.3, 0.4) is 0 Å². The van der Waals surface area contributed by atoms with Crippen molar-refractivity contribution in [1.29, 1.82) is 0 Å². The first-order valence-electron chi connectivity index (χ1n) is 8.25. The number of carbonyl (C=O) groups is 3. The second-order valence-electron chi connectivity index (χ2n) is 6.04. The van der Waals surface area contributed by atoms with Crippen molar-refractivity contribution in [1.82, 2.24) is 10.6 Å². The van der Waals surface area contributed by atoms with Gasteiger partial charge in [0.1, 0.15) is 0 Å². The van der Waals surface area contributed by atoms with Crippen molar-refractivity contribution in [3.63, 3.8) is 0 Å². The molecule has 0 spiro atoms. The first-order valence-corrected chi connectivity index (χ1v) is 9.88. The Morgan fingerprint density at radius 3 is 2.37 bits per heavy atom. The third kappa shape index (κ3) is 5.25. The van der Waals surface area contributed by atoms with Gasteiger partial charge in [0.15, 0.2) is 0 Å². The number of imide groups is 1. The van der Waals surface area contributed by atoms with Crippen LogP contribution in [0.1, 0.15) is 21.5 Å². The minimum Gasteiger partial charge on any atom is -0.352 e. The van der Waals surface area contributed by atoms with Gasteiger partial charge in [-0.1, -0.05) is 59.2 Å². The van der Waals surface area contributed by atoms with Crippen LogP contribution < -0.4 is 10.6 Å². The van der Waals surface area contributed by atoms with E-state index in [4.69, 9.17) is 23.2 Å². The number of amides is 3. The Labute approximate surface area is 170 Å². The van der Waals surface area contributed by atoms with E-state index in [2.05, 4.69) is 10.6 Å². The smallest absolute Gasteiger partial charge is 0.286 e. The maximum atomic E-state index is 12.1. The summed E-state index contributed by atoms with van der Waals surface area (Å²) in [6.45, 7) is 0.480. The van der Waals surface area contributed by atoms with Crippen molar-refractivity contribution in [2.24, 2.45) is 0 Å². The molecule has 1 aliphatic rings. The molecule has 1 saturated heterocycles. The van der Waals surface area contributed by atoms with E-state index in [1.807, 2.05) is 24.3 Å². The Balaban J connectivity index is 1.48. The first-order chi connectivity index (χ1) is 12.9. The summed E-state index contributed by atoms with van der Waals surface area (Å²) in [7, 11) is 0. The Hall–Kier alpha value is -2.02. The van der Waals surface area contributed by atoms with Gasteiger partial charge >= 0.3 is 0 Å². The number of carbonyl (C=O) groups excluding carboxylic acids is 3. The van der Waals surface area contributed by atoms with Crippen molar-refractivity contribution in [2.75, 3.05) is 6.54 Å². The lowest BCUT2D eigenvalue weighted by Gasteiger charge is -2.08. The fraction of sp³-hybridized carbons (Fsp3) is 0.211. The molecule has 1 aliphatic heterocycles. The van der Waals surface area contributed by atoms with Crippen LogP contribution in [0.25, 0.3) is 0 Å². The Kier molecular flexibility index (Phi) is 6.42. The summed E-state index contributed by atoms with van der Waals surface area (Å²) >= 11 is 12.8. The fourth-order valence-electron chi connectivity index (χ4n) is 2.64. The van der Waals surface area contributed by atoms with Gasteiger partial charge in [0, 0.05) is 12.1 Å². The van der Waals surface area contributed by atoms with E-state index >= 15 is 0 Å². The van der Waals surface area contributed by atoms with Gasteiger partial charge in [0.05, 0.1) is 15.3 Å². The van der Waals surface area contributed by atoms with Crippen LogP contribution in [-0.2, 0) is 17.6 Å². The summed E-state index contributed by atoms with van der Waals surface area (Å²) in [6.07, 6.45) is 1.18. The third-order valence-electron chi connectivity index (χ3n) is 4.09. The number of thioether (sulfide) groups is 1. The van der Waals surface area contributed by atoms with E-state index in [-0.39, 0.29) is 22.3 Å². The summed E-state index contributed by atoms with van der Waals surface area (Å²) < 4.78 is 0. The molecule has 5 nitrogen and oxygen atoms in total. The molecule has 2 aromatic rings. The topological polar surface area (TPSA) is 75.3 Å². The minimum atomic E-state index is -0.367. The number of hydrogen-bond donors (Lipinski definition) is 2. The number of nitrogens with one attached hydrogen (secondary N) is 2. The highest BCUT2D eigenvalue weighted by Crippen LogP contribution is 2.23. The SMILES string of the molecule is O=C1NC(=O)[C@@H](Cc2ccc(CCNC(=O)c3ccc(Cl)c(Cl)c3)cc2)S1. The van der Waals surface area contributed by atoms with Crippen LogP contribution in [0.15, 0.2) is 42.5 Å². The Morgan fingerprint density at radius 1 is 1.04 bits per heavy atom. The second kappa shape index (κ2) is 8.78. The summed E-state index contributed by atoms with van der Waals surface area (Å²) in [4.78, 5) is 34.9. The van der Waals surface area contributed by atoms with E-state index in [0.29, 0.717) is 35.0 Å². The van der Waals surface area contributed by atoms with Crippen molar-refractivity contribution >= 4 is 52.0 Å². The summed E-state index contributed by atoms with van der Waals surface area (Å²) in [5.41, 5.74) is 2.51. The fourth-order valence-corrected chi connectivity index (χ4v) is 3.80. The lowest BCUT2D eigenvalue weighted by molar-refractivity contribution is -0.118. The van der Waals surface area contributed by atoms with Gasteiger partial charge in [-0.3, -0.25) is 19.7 Å². The average molecular weight is 423 g/mol. The second-order valence-corrected chi connectivity index (χ2v) is 8.03. The largest absolute Gasteiger partial charge is 0.352 e. The molecule has 1 fully saturated rings. The van der Waals surface area contributed by atoms with Gasteiger partial charge in [-0.25, -0.2) is 0 Å². The normalized spacial score (nSPS) is 16.3. The lowest BCUT2D eigenvalue weighted by Crippen LogP contribution is -2.26. The van der Waals surface area contributed by atoms with Gasteiger partial charge in [-0.2, -0.15) is 0 Å². The molecule has 0 aromatic heterocycles. The van der Waals surface area contributed by atoms with E-state index in [0.717, 1.165) is 22.9 Å². The van der Waals surface area contributed by atoms with E-state index in [1.54, 1.807) is 12.1 Å². The van der Waals surface area contributed by atoms with Crippen molar-refractivity contribution in [3.8, 4) is 0 Å². The Morgan fingerprint density at radius 2 is 1.74 bits per heavy atom. The third-order valence-corrected chi connectivity index (χ3v) is 5.81. The number of benzene rings is 2. The number of hydrogen-bond acceptors (Lipinski definition) is 4. The molecule has 3 amide bonds. The van der Waals surface area contributed by atoms with Gasteiger partial charge in [0.25, 0.3) is 11.1 Å². The molecular weight excluding hydrogens is 407 g/mol. The predicted octanol–water partition coefficient (Wildman–Crippen LogP) is 3.86. The standard InChI is InChI=1S/C19H16Cl2N2O3S/c20-14-6-5-13(10-15(14)21)17(24)22-8-7-11-1-3-12(4-2-11)9-16-18(25)23-19(26)27-16/h1-6,10,16H,7-9H2,(H,22,24)(H,23,25,26)/t16-/m1/s1. The van der Waals surface area contributed by atoms with Crippen molar-refractivity contribution < 1.29 is 14.4 Å². The lowest BCUT2D eigenvalue weighted by atomic mass is 10.1. The molecule has 2 aromatic carbocycles. The molecule has 0 aliphatic carbocycles. The molecule has 0 radical (unpaired) electrons. The molecule has 0 bridgehead atoms. The number of rotatable bonds is 6. The van der Waals surface area contributed by atoms with Crippen LogP contribution in [-0.4, -0.2) is 28.8 Å². The summed E-state index contributed by atoms with van der Waals surface area (Å²) in [6, 6.07) is 12.5. The van der Waals surface area contributed by atoms with E-state index in [9.17, 15) is 14.4 Å². The molecular formula is C19H16Cl2N2O3S. The highest BCUT2D eigenvalue weighted by molar-refractivity contribution is 8.15. The van der Waals surface area contributed by atoms with Gasteiger partial charge < -0.3 is 5.32 Å². The van der Waals surface area contributed by atoms with Gasteiger partial charge in [-0.05, 0) is 42.2 Å². The van der Waals surface area contributed by atoms with Crippen LogP contribution in [0.2, 0.25) is 10.0 Å². The molecule has 0 unspecified atom stereocenters. The maximum absolute atomic E-state index is 12.1. The van der Waals surface area contributed by atoms with Crippen LogP contribution in [0, 0.1) is 0 Å². The molecule has 140 valence electrons. The molecule has 2 N–H and O–H groups in total. The zero-order valence-corrected chi connectivity index (χ0v) is 16.5. The average Bonchev–Trinajstić information content (AvgIpc) is 2.95. The molecule has 1 atom stereocenters. The quantitative estimate of drug-likeness (QED) is 0.740. The zero-order chi connectivity index (χ0) is 19.4. The van der Waals surface area contributed by atoms with Gasteiger partial charge in [-0.15, -0.1) is 0 Å². The highest BCUT2D eigenvalue weighted by atomic mass is 35.5. The van der Waals surface area contributed by atoms with Crippen LogP contribution in [0.4, 0.5) is 4.79 Å². The van der Waals surface area contributed by atoms with Crippen molar-refractivity contribution in [3.05, 3.63) is 69.2 Å². The highest BCUT2D eigenvalue weighted by Gasteiger charge is 2.31. The van der Waals surface area contributed by atoms with Gasteiger partial charge in [0.2, 0.25) is 5.91 Å².